The maximum absolute atomic E-state index is 4.73. The number of hydrogen-bond acceptors (Lipinski definition) is 4. The van der Waals surface area contributed by atoms with Crippen LogP contribution in [0.1, 0.15) is 20.8 Å². The number of pyridine rings is 1. The van der Waals surface area contributed by atoms with E-state index in [1.165, 1.54) is 0 Å². The lowest BCUT2D eigenvalue weighted by Gasteiger charge is -2.19. The summed E-state index contributed by atoms with van der Waals surface area (Å²) in [6, 6.07) is 12.3. The third-order valence-corrected chi connectivity index (χ3v) is 3.89. The molecule has 4 nitrogen and oxygen atoms in total. The number of anilines is 1. The van der Waals surface area contributed by atoms with Gasteiger partial charge in [0.15, 0.2) is 5.82 Å². The molecule has 1 atom stereocenters. The second-order valence-corrected chi connectivity index (χ2v) is 5.83. The van der Waals surface area contributed by atoms with Crippen LogP contribution >= 0.6 is 0 Å². The summed E-state index contributed by atoms with van der Waals surface area (Å²) >= 11 is 0. The SMILES string of the molecule is CC(C)[C@H](C)Nc1nc(-c2cccnc2)nc2ccccc12. The zero-order valence-electron chi connectivity index (χ0n) is 13.1. The maximum atomic E-state index is 4.73. The van der Waals surface area contributed by atoms with Crippen LogP contribution < -0.4 is 5.32 Å². The van der Waals surface area contributed by atoms with E-state index < -0.39 is 0 Å². The number of para-hydroxylation sites is 1. The minimum atomic E-state index is 0.333. The lowest BCUT2D eigenvalue weighted by molar-refractivity contribution is 0.559. The van der Waals surface area contributed by atoms with Crippen molar-refractivity contribution in [2.24, 2.45) is 5.92 Å². The van der Waals surface area contributed by atoms with E-state index in [2.05, 4.69) is 42.1 Å². The van der Waals surface area contributed by atoms with Gasteiger partial charge in [0, 0.05) is 29.4 Å². The molecule has 0 bridgehead atoms. The minimum Gasteiger partial charge on any atom is -0.367 e. The van der Waals surface area contributed by atoms with Crippen LogP contribution in [0.5, 0.6) is 0 Å². The predicted molar refractivity (Wildman–Crippen MR) is 90.7 cm³/mol. The first-order valence-electron chi connectivity index (χ1n) is 7.59. The Kier molecular flexibility index (Phi) is 4.00. The number of rotatable bonds is 4. The molecule has 3 aromatic rings. The Balaban J connectivity index is 2.12. The third kappa shape index (κ3) is 2.91. The molecule has 0 aliphatic rings. The molecule has 3 rings (SSSR count). The van der Waals surface area contributed by atoms with Gasteiger partial charge in [-0.1, -0.05) is 26.0 Å². The Morgan fingerprint density at radius 3 is 2.50 bits per heavy atom. The Morgan fingerprint density at radius 1 is 0.955 bits per heavy atom. The first-order chi connectivity index (χ1) is 10.6. The highest BCUT2D eigenvalue weighted by Gasteiger charge is 2.13. The average molecular weight is 292 g/mol. The van der Waals surface area contributed by atoms with E-state index >= 15 is 0 Å². The van der Waals surface area contributed by atoms with Gasteiger partial charge in [0.1, 0.15) is 5.82 Å². The number of nitrogens with one attached hydrogen (secondary N) is 1. The van der Waals surface area contributed by atoms with Crippen molar-refractivity contribution in [3.63, 3.8) is 0 Å². The van der Waals surface area contributed by atoms with Gasteiger partial charge >= 0.3 is 0 Å². The maximum Gasteiger partial charge on any atom is 0.163 e. The largest absolute Gasteiger partial charge is 0.367 e. The molecule has 22 heavy (non-hydrogen) atoms. The molecule has 0 unspecified atom stereocenters. The molecule has 0 fully saturated rings. The fraction of sp³-hybridized carbons (Fsp3) is 0.278. The van der Waals surface area contributed by atoms with Crippen LogP contribution in [0.25, 0.3) is 22.3 Å². The van der Waals surface area contributed by atoms with Crippen molar-refractivity contribution >= 4 is 16.7 Å². The molecule has 0 aliphatic heterocycles. The monoisotopic (exact) mass is 292 g/mol. The fourth-order valence-electron chi connectivity index (χ4n) is 2.19. The zero-order valence-corrected chi connectivity index (χ0v) is 13.1. The van der Waals surface area contributed by atoms with Crippen LogP contribution in [0.4, 0.5) is 5.82 Å². The number of aromatic nitrogens is 3. The second-order valence-electron chi connectivity index (χ2n) is 5.83. The smallest absolute Gasteiger partial charge is 0.163 e. The summed E-state index contributed by atoms with van der Waals surface area (Å²) in [5, 5.41) is 4.57. The molecule has 112 valence electrons. The molecule has 0 spiro atoms. The van der Waals surface area contributed by atoms with Gasteiger partial charge in [0.05, 0.1) is 5.52 Å². The average Bonchev–Trinajstić information content (AvgIpc) is 2.55. The standard InChI is InChI=1S/C18H20N4/c1-12(2)13(3)20-18-15-8-4-5-9-16(15)21-17(22-18)14-7-6-10-19-11-14/h4-13H,1-3H3,(H,20,21,22)/t13-/m0/s1. The van der Waals surface area contributed by atoms with E-state index in [0.717, 1.165) is 22.3 Å². The van der Waals surface area contributed by atoms with Crippen LogP contribution in [-0.4, -0.2) is 21.0 Å². The van der Waals surface area contributed by atoms with Crippen LogP contribution in [0.3, 0.4) is 0 Å². The van der Waals surface area contributed by atoms with Crippen molar-refractivity contribution in [2.75, 3.05) is 5.32 Å². The van der Waals surface area contributed by atoms with Crippen LogP contribution in [0.2, 0.25) is 0 Å². The summed E-state index contributed by atoms with van der Waals surface area (Å²) in [6.07, 6.45) is 3.55. The Morgan fingerprint density at radius 2 is 1.77 bits per heavy atom. The van der Waals surface area contributed by atoms with Crippen molar-refractivity contribution in [3.8, 4) is 11.4 Å². The number of fused-ring (bicyclic) bond motifs is 1. The van der Waals surface area contributed by atoms with Gasteiger partial charge in [0.25, 0.3) is 0 Å². The van der Waals surface area contributed by atoms with Crippen LogP contribution in [0.15, 0.2) is 48.8 Å². The van der Waals surface area contributed by atoms with Crippen LogP contribution in [0, 0.1) is 5.92 Å². The molecule has 4 heteroatoms. The van der Waals surface area contributed by atoms with Gasteiger partial charge in [-0.3, -0.25) is 4.98 Å². The third-order valence-electron chi connectivity index (χ3n) is 3.89. The number of hydrogen-bond donors (Lipinski definition) is 1. The van der Waals surface area contributed by atoms with Gasteiger partial charge in [-0.15, -0.1) is 0 Å². The second kappa shape index (κ2) is 6.10. The summed E-state index contributed by atoms with van der Waals surface area (Å²) in [4.78, 5) is 13.6. The van der Waals surface area contributed by atoms with Crippen molar-refractivity contribution in [2.45, 2.75) is 26.8 Å². The summed E-state index contributed by atoms with van der Waals surface area (Å²) < 4.78 is 0. The zero-order chi connectivity index (χ0) is 15.5. The van der Waals surface area contributed by atoms with Gasteiger partial charge < -0.3 is 5.32 Å². The summed E-state index contributed by atoms with van der Waals surface area (Å²) in [6.45, 7) is 6.57. The molecule has 2 aromatic heterocycles. The first kappa shape index (κ1) is 14.4. The summed E-state index contributed by atoms with van der Waals surface area (Å²) in [5.41, 5.74) is 1.86. The van der Waals surface area contributed by atoms with E-state index in [1.807, 2.05) is 30.3 Å². The molecule has 0 aliphatic carbocycles. The van der Waals surface area contributed by atoms with Gasteiger partial charge in [-0.2, -0.15) is 0 Å². The van der Waals surface area contributed by atoms with E-state index in [9.17, 15) is 0 Å². The Labute approximate surface area is 130 Å². The van der Waals surface area contributed by atoms with E-state index in [0.29, 0.717) is 17.8 Å². The lowest BCUT2D eigenvalue weighted by Crippen LogP contribution is -2.22. The molecular formula is C18H20N4. The van der Waals surface area contributed by atoms with Crippen LogP contribution in [-0.2, 0) is 0 Å². The van der Waals surface area contributed by atoms with E-state index in [4.69, 9.17) is 4.98 Å². The minimum absolute atomic E-state index is 0.333. The molecule has 0 radical (unpaired) electrons. The molecule has 0 saturated carbocycles. The molecular weight excluding hydrogens is 272 g/mol. The molecule has 2 heterocycles. The predicted octanol–water partition coefficient (Wildman–Crippen LogP) is 4.15. The van der Waals surface area contributed by atoms with E-state index in [1.54, 1.807) is 12.4 Å². The highest BCUT2D eigenvalue weighted by Crippen LogP contribution is 2.25. The van der Waals surface area contributed by atoms with Crippen molar-refractivity contribution in [1.82, 2.24) is 15.0 Å². The fourth-order valence-corrected chi connectivity index (χ4v) is 2.19. The molecule has 0 saturated heterocycles. The van der Waals surface area contributed by atoms with Crippen molar-refractivity contribution < 1.29 is 0 Å². The van der Waals surface area contributed by atoms with Gasteiger partial charge in [0.2, 0.25) is 0 Å². The topological polar surface area (TPSA) is 50.7 Å². The molecule has 0 amide bonds. The quantitative estimate of drug-likeness (QED) is 0.785. The van der Waals surface area contributed by atoms with Gasteiger partial charge in [-0.25, -0.2) is 9.97 Å². The van der Waals surface area contributed by atoms with Crippen molar-refractivity contribution in [3.05, 3.63) is 48.8 Å². The highest BCUT2D eigenvalue weighted by molar-refractivity contribution is 5.90. The lowest BCUT2D eigenvalue weighted by atomic mass is 10.1. The molecule has 1 aromatic carbocycles. The first-order valence-corrected chi connectivity index (χ1v) is 7.59. The molecule has 1 N–H and O–H groups in total. The van der Waals surface area contributed by atoms with E-state index in [-0.39, 0.29) is 0 Å². The Hall–Kier alpha value is -2.49. The number of benzene rings is 1. The Bertz CT molecular complexity index is 768. The number of nitrogens with zero attached hydrogens (tertiary/aromatic N) is 3. The normalized spacial score (nSPS) is 12.5. The highest BCUT2D eigenvalue weighted by atomic mass is 15.1. The van der Waals surface area contributed by atoms with Gasteiger partial charge in [-0.05, 0) is 37.1 Å². The summed E-state index contributed by atoms with van der Waals surface area (Å²) in [7, 11) is 0. The summed E-state index contributed by atoms with van der Waals surface area (Å²) in [5.74, 6) is 2.10. The van der Waals surface area contributed by atoms with Crippen molar-refractivity contribution in [1.29, 1.82) is 0 Å².